The van der Waals surface area contributed by atoms with Gasteiger partial charge in [-0.3, -0.25) is 9.78 Å². The molecule has 8 heteroatoms. The maximum atomic E-state index is 13.8. The minimum absolute atomic E-state index is 0.119. The van der Waals surface area contributed by atoms with Crippen molar-refractivity contribution in [3.05, 3.63) is 76.0 Å². The lowest BCUT2D eigenvalue weighted by Gasteiger charge is -2.48. The van der Waals surface area contributed by atoms with Crippen molar-refractivity contribution in [1.82, 2.24) is 19.4 Å². The van der Waals surface area contributed by atoms with Gasteiger partial charge in [-0.25, -0.2) is 9.18 Å². The molecular weight excluding hydrogens is 459 g/mol. The summed E-state index contributed by atoms with van der Waals surface area (Å²) in [5.74, 6) is -0.452. The molecule has 2 aromatic heterocycles. The highest BCUT2D eigenvalue weighted by Gasteiger charge is 2.43. The number of ether oxygens (including phenoxy) is 1. The Bertz CT molecular complexity index is 1340. The van der Waals surface area contributed by atoms with Gasteiger partial charge in [-0.1, -0.05) is 24.3 Å². The smallest absolute Gasteiger partial charge is 0.410 e. The van der Waals surface area contributed by atoms with Crippen LogP contribution >= 0.6 is 0 Å². The van der Waals surface area contributed by atoms with E-state index in [1.54, 1.807) is 10.6 Å². The van der Waals surface area contributed by atoms with Gasteiger partial charge in [0.05, 0.1) is 17.2 Å². The van der Waals surface area contributed by atoms with Crippen LogP contribution in [0.5, 0.6) is 0 Å². The van der Waals surface area contributed by atoms with Gasteiger partial charge < -0.3 is 19.1 Å². The molecule has 0 saturated carbocycles. The molecule has 36 heavy (non-hydrogen) atoms. The van der Waals surface area contributed by atoms with Crippen LogP contribution in [0.25, 0.3) is 11.0 Å². The number of nitrogens with zero attached hydrogens (tertiary/aromatic N) is 4. The number of likely N-dealkylation sites (tertiary alicyclic amines) is 1. The average Bonchev–Trinajstić information content (AvgIpc) is 2.83. The second kappa shape index (κ2) is 9.32. The first-order valence-corrected chi connectivity index (χ1v) is 12.6. The molecular formula is C28H33FN4O3. The molecule has 190 valence electrons. The molecule has 0 radical (unpaired) electrons. The van der Waals surface area contributed by atoms with E-state index in [9.17, 15) is 14.0 Å². The van der Waals surface area contributed by atoms with Gasteiger partial charge in [0, 0.05) is 43.7 Å². The van der Waals surface area contributed by atoms with E-state index in [-0.39, 0.29) is 17.1 Å². The Balaban J connectivity index is 1.31. The Morgan fingerprint density at radius 2 is 1.86 bits per heavy atom. The summed E-state index contributed by atoms with van der Waals surface area (Å²) in [5.41, 5.74) is 2.82. The van der Waals surface area contributed by atoms with Crippen LogP contribution in [0.3, 0.4) is 0 Å². The fraction of sp³-hybridized carbons (Fsp3) is 0.464. The minimum Gasteiger partial charge on any atom is -0.444 e. The predicted octanol–water partition coefficient (Wildman–Crippen LogP) is 4.32. The van der Waals surface area contributed by atoms with Gasteiger partial charge in [-0.15, -0.1) is 0 Å². The molecule has 1 spiro atoms. The monoisotopic (exact) mass is 492 g/mol. The first-order valence-electron chi connectivity index (χ1n) is 12.6. The number of piperidine rings is 1. The third kappa shape index (κ3) is 4.87. The number of pyridine rings is 2. The molecule has 0 bridgehead atoms. The fourth-order valence-corrected chi connectivity index (χ4v) is 5.59. The quantitative estimate of drug-likeness (QED) is 0.545. The second-order valence-electron chi connectivity index (χ2n) is 11.0. The number of hydrogen-bond acceptors (Lipinski definition) is 5. The van der Waals surface area contributed by atoms with E-state index >= 15 is 0 Å². The number of carbonyl (C=O) groups excluding carboxylic acids is 1. The molecule has 4 heterocycles. The lowest BCUT2D eigenvalue weighted by atomic mass is 9.69. The van der Waals surface area contributed by atoms with Crippen LogP contribution in [-0.2, 0) is 23.2 Å². The van der Waals surface area contributed by atoms with Crippen LogP contribution in [0.4, 0.5) is 9.18 Å². The van der Waals surface area contributed by atoms with Crippen molar-refractivity contribution >= 4 is 17.1 Å². The summed E-state index contributed by atoms with van der Waals surface area (Å²) in [6.45, 7) is 9.73. The van der Waals surface area contributed by atoms with E-state index in [2.05, 4.69) is 28.1 Å². The Labute approximate surface area is 210 Å². The maximum absolute atomic E-state index is 13.8. The first-order chi connectivity index (χ1) is 17.1. The van der Waals surface area contributed by atoms with Gasteiger partial charge in [0.1, 0.15) is 11.4 Å². The summed E-state index contributed by atoms with van der Waals surface area (Å²) >= 11 is 0. The van der Waals surface area contributed by atoms with Crippen molar-refractivity contribution in [2.75, 3.05) is 26.2 Å². The van der Waals surface area contributed by atoms with Gasteiger partial charge in [0.25, 0.3) is 5.56 Å². The molecule has 2 aliphatic heterocycles. The van der Waals surface area contributed by atoms with Crippen LogP contribution < -0.4 is 5.56 Å². The van der Waals surface area contributed by atoms with E-state index in [1.165, 1.54) is 29.5 Å². The zero-order valence-corrected chi connectivity index (χ0v) is 21.2. The highest BCUT2D eigenvalue weighted by molar-refractivity contribution is 5.74. The van der Waals surface area contributed by atoms with E-state index < -0.39 is 11.4 Å². The molecule has 7 nitrogen and oxygen atoms in total. The van der Waals surface area contributed by atoms with Gasteiger partial charge in [-0.05, 0) is 63.9 Å². The number of aromatic nitrogens is 2. The summed E-state index contributed by atoms with van der Waals surface area (Å²) in [5, 5.41) is 0. The molecule has 1 fully saturated rings. The van der Waals surface area contributed by atoms with Crippen molar-refractivity contribution in [3.8, 4) is 0 Å². The lowest BCUT2D eigenvalue weighted by molar-refractivity contribution is 0.0105. The lowest BCUT2D eigenvalue weighted by Crippen LogP contribution is -2.54. The summed E-state index contributed by atoms with van der Waals surface area (Å²) < 4.78 is 21.1. The predicted molar refractivity (Wildman–Crippen MR) is 136 cm³/mol. The van der Waals surface area contributed by atoms with E-state index in [1.807, 2.05) is 31.7 Å². The highest BCUT2D eigenvalue weighted by Crippen LogP contribution is 2.42. The van der Waals surface area contributed by atoms with Crippen LogP contribution in [0.1, 0.15) is 44.7 Å². The normalized spacial score (nSPS) is 17.8. The number of halogens is 1. The average molecular weight is 493 g/mol. The Kier molecular flexibility index (Phi) is 6.32. The van der Waals surface area contributed by atoms with E-state index in [0.717, 1.165) is 25.9 Å². The number of amides is 1. The van der Waals surface area contributed by atoms with Crippen LogP contribution in [0.2, 0.25) is 0 Å². The summed E-state index contributed by atoms with van der Waals surface area (Å²) in [7, 11) is 0. The second-order valence-corrected chi connectivity index (χ2v) is 11.0. The Morgan fingerprint density at radius 1 is 1.11 bits per heavy atom. The van der Waals surface area contributed by atoms with Crippen molar-refractivity contribution in [1.29, 1.82) is 0 Å². The maximum Gasteiger partial charge on any atom is 0.410 e. The fourth-order valence-electron chi connectivity index (χ4n) is 5.59. The largest absolute Gasteiger partial charge is 0.444 e. The minimum atomic E-state index is -0.539. The topological polar surface area (TPSA) is 67.7 Å². The zero-order valence-electron chi connectivity index (χ0n) is 21.2. The Morgan fingerprint density at radius 3 is 2.61 bits per heavy atom. The van der Waals surface area contributed by atoms with Gasteiger partial charge >= 0.3 is 6.09 Å². The molecule has 1 aromatic carbocycles. The molecule has 3 aromatic rings. The summed E-state index contributed by atoms with van der Waals surface area (Å²) in [6.07, 6.45) is 2.72. The SMILES string of the molecule is CC(C)(C)OC(=O)N1Cc2ccccc2C2(CCN(CCn3c(=O)ccc4ncc(F)cc43)CC2)C1. The number of fused-ring (bicyclic) bond motifs is 3. The molecule has 5 rings (SSSR count). The van der Waals surface area contributed by atoms with E-state index in [0.29, 0.717) is 37.2 Å². The molecule has 0 aliphatic carbocycles. The molecule has 2 aliphatic rings. The van der Waals surface area contributed by atoms with Crippen molar-refractivity contribution in [2.24, 2.45) is 0 Å². The zero-order chi connectivity index (χ0) is 25.5. The Hall–Kier alpha value is -3.26. The van der Waals surface area contributed by atoms with Crippen molar-refractivity contribution in [3.63, 3.8) is 0 Å². The molecule has 1 saturated heterocycles. The van der Waals surface area contributed by atoms with Crippen LogP contribution in [0, 0.1) is 5.82 Å². The number of hydrogen-bond donors (Lipinski definition) is 0. The number of rotatable bonds is 3. The highest BCUT2D eigenvalue weighted by atomic mass is 19.1. The van der Waals surface area contributed by atoms with Crippen molar-refractivity contribution in [2.45, 2.75) is 57.7 Å². The van der Waals surface area contributed by atoms with E-state index in [4.69, 9.17) is 4.74 Å². The molecule has 0 atom stereocenters. The number of benzene rings is 1. The van der Waals surface area contributed by atoms with Gasteiger partial charge in [0.15, 0.2) is 0 Å². The standard InChI is InChI=1S/C28H33FN4O3/c1-27(2,3)36-26(35)32-18-20-6-4-5-7-22(20)28(19-32)10-12-31(13-11-28)14-15-33-24-16-21(29)17-30-23(24)8-9-25(33)34/h4-9,16-17H,10-15,18-19H2,1-3H3. The number of carbonyl (C=O) groups is 1. The third-order valence-corrected chi connectivity index (χ3v) is 7.35. The third-order valence-electron chi connectivity index (χ3n) is 7.35. The summed E-state index contributed by atoms with van der Waals surface area (Å²) in [6, 6.07) is 12.9. The molecule has 1 amide bonds. The molecule has 0 N–H and O–H groups in total. The summed E-state index contributed by atoms with van der Waals surface area (Å²) in [4.78, 5) is 33.8. The first kappa shape index (κ1) is 24.4. The van der Waals surface area contributed by atoms with Crippen LogP contribution in [0.15, 0.2) is 53.5 Å². The molecule has 0 unspecified atom stereocenters. The van der Waals surface area contributed by atoms with Crippen LogP contribution in [-0.4, -0.2) is 57.2 Å². The van der Waals surface area contributed by atoms with Gasteiger partial charge in [-0.2, -0.15) is 0 Å². The van der Waals surface area contributed by atoms with Crippen molar-refractivity contribution < 1.29 is 13.9 Å². The van der Waals surface area contributed by atoms with Gasteiger partial charge in [0.2, 0.25) is 0 Å².